The van der Waals surface area contributed by atoms with Crippen LogP contribution in [-0.2, 0) is 4.74 Å². The quantitative estimate of drug-likeness (QED) is 0.247. The van der Waals surface area contributed by atoms with Gasteiger partial charge in [0.25, 0.3) is 0 Å². The Morgan fingerprint density at radius 1 is 1.36 bits per heavy atom. The minimum absolute atomic E-state index is 0.359. The van der Waals surface area contributed by atoms with E-state index in [9.17, 15) is 0 Å². The maximum atomic E-state index is 5.38. The van der Waals surface area contributed by atoms with Gasteiger partial charge in [-0.1, -0.05) is 0 Å². The van der Waals surface area contributed by atoms with Gasteiger partial charge in [0.2, 0.25) is 5.96 Å². The number of ether oxygens (including phenoxy) is 1. The number of aliphatic imine (C=N–C) groups is 1. The normalized spacial score (nSPS) is 28.6. The van der Waals surface area contributed by atoms with E-state index >= 15 is 0 Å². The summed E-state index contributed by atoms with van der Waals surface area (Å²) in [6.45, 7) is 1.63. The highest BCUT2D eigenvalue weighted by atomic mass is 16.5. The Kier molecular flexibility index (Phi) is 3.21. The van der Waals surface area contributed by atoms with Gasteiger partial charge >= 0.3 is 0 Å². The van der Waals surface area contributed by atoms with Crippen LogP contribution in [0.1, 0.15) is 25.7 Å². The molecular formula is C9H18N4O. The van der Waals surface area contributed by atoms with Crippen molar-refractivity contribution in [1.29, 1.82) is 0 Å². The second-order valence-corrected chi connectivity index (χ2v) is 3.91. The van der Waals surface area contributed by atoms with Gasteiger partial charge in [0.05, 0.1) is 18.7 Å². The van der Waals surface area contributed by atoms with Crippen molar-refractivity contribution in [2.75, 3.05) is 13.2 Å². The van der Waals surface area contributed by atoms with Gasteiger partial charge in [0, 0.05) is 6.61 Å². The van der Waals surface area contributed by atoms with Crippen molar-refractivity contribution in [3.8, 4) is 0 Å². The number of hydrazine groups is 1. The van der Waals surface area contributed by atoms with Gasteiger partial charge in [-0.25, -0.2) is 10.8 Å². The molecule has 5 heteroatoms. The standard InChI is InChI=1S/C9H18N4O/c10-13-9(11-7-3-4-7)12-8-2-1-5-14-6-8/h7-8H,1-6,10H2,(H2,11,12,13). The second-order valence-electron chi connectivity index (χ2n) is 3.91. The highest BCUT2D eigenvalue weighted by Crippen LogP contribution is 2.23. The predicted molar refractivity (Wildman–Crippen MR) is 54.8 cm³/mol. The molecule has 80 valence electrons. The molecule has 0 bridgehead atoms. The molecule has 1 saturated heterocycles. The molecule has 0 aromatic rings. The van der Waals surface area contributed by atoms with E-state index in [2.05, 4.69) is 15.7 Å². The zero-order chi connectivity index (χ0) is 9.80. The van der Waals surface area contributed by atoms with E-state index in [1.165, 1.54) is 12.8 Å². The highest BCUT2D eigenvalue weighted by molar-refractivity contribution is 5.79. The van der Waals surface area contributed by atoms with Gasteiger partial charge in [-0.3, -0.25) is 5.43 Å². The fraction of sp³-hybridized carbons (Fsp3) is 0.889. The molecule has 1 atom stereocenters. The van der Waals surface area contributed by atoms with Crippen molar-refractivity contribution < 1.29 is 4.74 Å². The molecule has 1 unspecified atom stereocenters. The average molecular weight is 198 g/mol. The van der Waals surface area contributed by atoms with Crippen molar-refractivity contribution in [2.24, 2.45) is 10.8 Å². The van der Waals surface area contributed by atoms with Crippen LogP contribution < -0.4 is 16.6 Å². The zero-order valence-corrected chi connectivity index (χ0v) is 8.33. The molecule has 2 fully saturated rings. The van der Waals surface area contributed by atoms with Crippen LogP contribution in [0.25, 0.3) is 0 Å². The fourth-order valence-corrected chi connectivity index (χ4v) is 1.55. The van der Waals surface area contributed by atoms with Crippen molar-refractivity contribution in [3.63, 3.8) is 0 Å². The van der Waals surface area contributed by atoms with E-state index in [0.717, 1.165) is 26.1 Å². The first kappa shape index (κ1) is 9.73. The lowest BCUT2D eigenvalue weighted by molar-refractivity contribution is 0.0761. The van der Waals surface area contributed by atoms with E-state index in [1.807, 2.05) is 0 Å². The summed E-state index contributed by atoms with van der Waals surface area (Å²) in [4.78, 5) is 4.41. The first-order valence-corrected chi connectivity index (χ1v) is 5.27. The van der Waals surface area contributed by atoms with Crippen LogP contribution >= 0.6 is 0 Å². The number of rotatable bonds is 2. The molecule has 1 saturated carbocycles. The first-order valence-electron chi connectivity index (χ1n) is 5.27. The van der Waals surface area contributed by atoms with Gasteiger partial charge in [0.15, 0.2) is 0 Å². The minimum Gasteiger partial charge on any atom is -0.379 e. The maximum Gasteiger partial charge on any atom is 0.206 e. The molecule has 1 aliphatic heterocycles. The molecule has 0 radical (unpaired) electrons. The van der Waals surface area contributed by atoms with Crippen LogP contribution in [0, 0.1) is 0 Å². The molecular weight excluding hydrogens is 180 g/mol. The van der Waals surface area contributed by atoms with E-state index in [1.54, 1.807) is 0 Å². The van der Waals surface area contributed by atoms with E-state index in [-0.39, 0.29) is 0 Å². The van der Waals surface area contributed by atoms with Crippen LogP contribution in [0.5, 0.6) is 0 Å². The molecule has 0 aromatic carbocycles. The van der Waals surface area contributed by atoms with Gasteiger partial charge in [-0.05, 0) is 25.7 Å². The predicted octanol–water partition coefficient (Wildman–Crippen LogP) is -0.263. The Labute approximate surface area is 84.1 Å². The molecule has 0 spiro atoms. The summed E-state index contributed by atoms with van der Waals surface area (Å²) in [6, 6.07) is 0.843. The summed E-state index contributed by atoms with van der Waals surface area (Å²) in [5.41, 5.74) is 2.60. The van der Waals surface area contributed by atoms with Crippen LogP contribution in [0.4, 0.5) is 0 Å². The van der Waals surface area contributed by atoms with Crippen LogP contribution in [0.3, 0.4) is 0 Å². The molecule has 0 amide bonds. The van der Waals surface area contributed by atoms with E-state index in [4.69, 9.17) is 10.6 Å². The van der Waals surface area contributed by atoms with E-state index < -0.39 is 0 Å². The fourth-order valence-electron chi connectivity index (χ4n) is 1.55. The third kappa shape index (κ3) is 2.85. The Morgan fingerprint density at radius 3 is 2.79 bits per heavy atom. The van der Waals surface area contributed by atoms with Crippen LogP contribution in [0.2, 0.25) is 0 Å². The molecule has 0 aromatic heterocycles. The lowest BCUT2D eigenvalue weighted by Gasteiger charge is -2.24. The molecule has 1 heterocycles. The Morgan fingerprint density at radius 2 is 2.21 bits per heavy atom. The molecule has 1 aliphatic carbocycles. The number of guanidine groups is 1. The lowest BCUT2D eigenvalue weighted by atomic mass is 10.1. The van der Waals surface area contributed by atoms with Crippen LogP contribution in [-0.4, -0.2) is 31.3 Å². The largest absolute Gasteiger partial charge is 0.379 e. The number of nitrogens with two attached hydrogens (primary N) is 1. The molecule has 2 aliphatic rings. The zero-order valence-electron chi connectivity index (χ0n) is 8.33. The first-order chi connectivity index (χ1) is 6.88. The number of nitrogens with one attached hydrogen (secondary N) is 2. The number of hydrogen-bond acceptors (Lipinski definition) is 3. The summed E-state index contributed by atoms with van der Waals surface area (Å²) >= 11 is 0. The van der Waals surface area contributed by atoms with Crippen LogP contribution in [0.15, 0.2) is 4.99 Å². The summed E-state index contributed by atoms with van der Waals surface area (Å²) in [6.07, 6.45) is 4.62. The molecule has 5 nitrogen and oxygen atoms in total. The Balaban J connectivity index is 1.80. The topological polar surface area (TPSA) is 71.7 Å². The second kappa shape index (κ2) is 4.61. The number of nitrogens with zero attached hydrogens (tertiary/aromatic N) is 1. The minimum atomic E-state index is 0.359. The van der Waals surface area contributed by atoms with E-state index in [0.29, 0.717) is 18.0 Å². The van der Waals surface area contributed by atoms with Crippen molar-refractivity contribution >= 4 is 5.96 Å². The monoisotopic (exact) mass is 198 g/mol. The number of hydrogen-bond donors (Lipinski definition) is 3. The Hall–Kier alpha value is -0.810. The van der Waals surface area contributed by atoms with Gasteiger partial charge < -0.3 is 10.1 Å². The summed E-state index contributed by atoms with van der Waals surface area (Å²) in [5.74, 6) is 6.09. The Bertz CT molecular complexity index is 209. The highest BCUT2D eigenvalue weighted by Gasteiger charge is 2.22. The molecule has 4 N–H and O–H groups in total. The van der Waals surface area contributed by atoms with Gasteiger partial charge in [-0.2, -0.15) is 0 Å². The molecule has 14 heavy (non-hydrogen) atoms. The average Bonchev–Trinajstić information content (AvgIpc) is 3.02. The van der Waals surface area contributed by atoms with Gasteiger partial charge in [0.1, 0.15) is 0 Å². The SMILES string of the molecule is NNC(=NC1CC1)NC1CCCOC1. The summed E-state index contributed by atoms with van der Waals surface area (Å²) in [5, 5.41) is 3.27. The summed E-state index contributed by atoms with van der Waals surface area (Å²) < 4.78 is 5.36. The van der Waals surface area contributed by atoms with Crippen molar-refractivity contribution in [2.45, 2.75) is 37.8 Å². The molecule has 2 rings (SSSR count). The third-order valence-corrected chi connectivity index (χ3v) is 2.50. The summed E-state index contributed by atoms with van der Waals surface area (Å²) in [7, 11) is 0. The smallest absolute Gasteiger partial charge is 0.206 e. The maximum absolute atomic E-state index is 5.38. The van der Waals surface area contributed by atoms with Gasteiger partial charge in [-0.15, -0.1) is 0 Å². The lowest BCUT2D eigenvalue weighted by Crippen LogP contribution is -2.49. The third-order valence-electron chi connectivity index (χ3n) is 2.50. The van der Waals surface area contributed by atoms with Crippen molar-refractivity contribution in [1.82, 2.24) is 10.7 Å². The van der Waals surface area contributed by atoms with Crippen molar-refractivity contribution in [3.05, 3.63) is 0 Å².